The maximum Gasteiger partial charge on any atom is 0.275 e. The Morgan fingerprint density at radius 2 is 1.65 bits per heavy atom. The van der Waals surface area contributed by atoms with E-state index in [1.165, 1.54) is 6.21 Å². The number of hydrazone groups is 1. The van der Waals surface area contributed by atoms with E-state index in [1.807, 2.05) is 54.6 Å². The van der Waals surface area contributed by atoms with Gasteiger partial charge in [-0.2, -0.15) is 5.10 Å². The van der Waals surface area contributed by atoms with Crippen LogP contribution in [0.4, 0.5) is 0 Å². The molecular formula is C29H24BrClN2O4. The number of methoxy groups -OCH3 is 1. The maximum atomic E-state index is 12.8. The quantitative estimate of drug-likeness (QED) is 0.162. The number of halogens is 2. The molecule has 188 valence electrons. The van der Waals surface area contributed by atoms with Crippen LogP contribution in [0.15, 0.2) is 101 Å². The molecule has 1 N–H and O–H groups in total. The minimum absolute atomic E-state index is 0.236. The summed E-state index contributed by atoms with van der Waals surface area (Å²) in [5.41, 5.74) is 5.49. The normalized spacial score (nSPS) is 10.8. The molecule has 0 aliphatic carbocycles. The SMILES string of the molecule is COc1cc(/C=N/NC(=O)c2ccccc2OCc2ccccc2Cl)cc(Br)c1OCc1ccccc1. The average Bonchev–Trinajstić information content (AvgIpc) is 2.92. The highest BCUT2D eigenvalue weighted by molar-refractivity contribution is 9.10. The molecule has 0 spiro atoms. The molecule has 0 atom stereocenters. The van der Waals surface area contributed by atoms with Crippen LogP contribution >= 0.6 is 27.5 Å². The Balaban J connectivity index is 1.41. The van der Waals surface area contributed by atoms with Crippen molar-refractivity contribution in [2.45, 2.75) is 13.2 Å². The zero-order chi connectivity index (χ0) is 26.0. The minimum atomic E-state index is -0.403. The maximum absolute atomic E-state index is 12.8. The highest BCUT2D eigenvalue weighted by atomic mass is 79.9. The first kappa shape index (κ1) is 26.3. The Morgan fingerprint density at radius 1 is 0.919 bits per heavy atom. The first-order chi connectivity index (χ1) is 18.0. The fourth-order valence-corrected chi connectivity index (χ4v) is 4.23. The van der Waals surface area contributed by atoms with Gasteiger partial charge in [-0.3, -0.25) is 4.79 Å². The number of benzene rings is 4. The number of hydrogen-bond donors (Lipinski definition) is 1. The van der Waals surface area contributed by atoms with Crippen molar-refractivity contribution in [1.82, 2.24) is 5.43 Å². The van der Waals surface area contributed by atoms with Gasteiger partial charge in [0, 0.05) is 10.6 Å². The second-order valence-corrected chi connectivity index (χ2v) is 9.15. The van der Waals surface area contributed by atoms with Gasteiger partial charge in [-0.25, -0.2) is 5.43 Å². The summed E-state index contributed by atoms with van der Waals surface area (Å²) in [4.78, 5) is 12.8. The van der Waals surface area contributed by atoms with Gasteiger partial charge in [-0.15, -0.1) is 0 Å². The van der Waals surface area contributed by atoms with E-state index in [9.17, 15) is 4.79 Å². The third kappa shape index (κ3) is 7.12. The molecule has 4 aromatic rings. The van der Waals surface area contributed by atoms with Crippen molar-refractivity contribution in [3.05, 3.63) is 123 Å². The Labute approximate surface area is 229 Å². The summed E-state index contributed by atoms with van der Waals surface area (Å²) in [7, 11) is 1.57. The molecular weight excluding hydrogens is 556 g/mol. The molecule has 8 heteroatoms. The standard InChI is InChI=1S/C29H24BrClN2O4/c1-35-27-16-21(15-24(30)28(27)37-18-20-9-3-2-4-10-20)17-32-33-29(34)23-12-6-8-14-26(23)36-19-22-11-5-7-13-25(22)31/h2-17H,18-19H2,1H3,(H,33,34)/b32-17+. The van der Waals surface area contributed by atoms with E-state index >= 15 is 0 Å². The summed E-state index contributed by atoms with van der Waals surface area (Å²) in [5.74, 6) is 1.15. The summed E-state index contributed by atoms with van der Waals surface area (Å²) < 4.78 is 18.0. The van der Waals surface area contributed by atoms with Crippen molar-refractivity contribution in [2.24, 2.45) is 5.10 Å². The van der Waals surface area contributed by atoms with Gasteiger partial charge in [0.1, 0.15) is 19.0 Å². The number of nitrogens with one attached hydrogen (secondary N) is 1. The molecule has 4 rings (SSSR count). The van der Waals surface area contributed by atoms with Gasteiger partial charge in [0.25, 0.3) is 5.91 Å². The molecule has 0 aliphatic heterocycles. The molecule has 0 bridgehead atoms. The van der Waals surface area contributed by atoms with Crippen LogP contribution in [0.2, 0.25) is 5.02 Å². The van der Waals surface area contributed by atoms with Crippen LogP contribution in [0.25, 0.3) is 0 Å². The molecule has 0 fully saturated rings. The lowest BCUT2D eigenvalue weighted by molar-refractivity contribution is 0.0950. The number of hydrogen-bond acceptors (Lipinski definition) is 5. The van der Waals surface area contributed by atoms with Gasteiger partial charge < -0.3 is 14.2 Å². The molecule has 37 heavy (non-hydrogen) atoms. The topological polar surface area (TPSA) is 69.2 Å². The van der Waals surface area contributed by atoms with Crippen LogP contribution in [0, 0.1) is 0 Å². The molecule has 0 saturated heterocycles. The van der Waals surface area contributed by atoms with Crippen molar-refractivity contribution in [2.75, 3.05) is 7.11 Å². The summed E-state index contributed by atoms with van der Waals surface area (Å²) in [6, 6.07) is 27.8. The van der Waals surface area contributed by atoms with Crippen LogP contribution in [0.1, 0.15) is 27.0 Å². The number of rotatable bonds is 10. The number of para-hydroxylation sites is 1. The van der Waals surface area contributed by atoms with Crippen LogP contribution in [0.5, 0.6) is 17.2 Å². The average molecular weight is 580 g/mol. The Bertz CT molecular complexity index is 1400. The van der Waals surface area contributed by atoms with Crippen molar-refractivity contribution in [1.29, 1.82) is 0 Å². The highest BCUT2D eigenvalue weighted by Gasteiger charge is 2.14. The van der Waals surface area contributed by atoms with Gasteiger partial charge >= 0.3 is 0 Å². The first-order valence-corrected chi connectivity index (χ1v) is 12.5. The van der Waals surface area contributed by atoms with Crippen LogP contribution in [-0.2, 0) is 13.2 Å². The highest BCUT2D eigenvalue weighted by Crippen LogP contribution is 2.37. The van der Waals surface area contributed by atoms with Gasteiger partial charge in [0.2, 0.25) is 0 Å². The minimum Gasteiger partial charge on any atom is -0.493 e. The van der Waals surface area contributed by atoms with E-state index < -0.39 is 5.91 Å². The lowest BCUT2D eigenvalue weighted by Crippen LogP contribution is -2.18. The van der Waals surface area contributed by atoms with Crippen molar-refractivity contribution < 1.29 is 19.0 Å². The predicted molar refractivity (Wildman–Crippen MR) is 149 cm³/mol. The predicted octanol–water partition coefficient (Wildman–Crippen LogP) is 7.03. The molecule has 0 aliphatic rings. The number of carbonyl (C=O) groups is 1. The lowest BCUT2D eigenvalue weighted by atomic mass is 10.2. The van der Waals surface area contributed by atoms with E-state index in [4.69, 9.17) is 25.8 Å². The number of carbonyl (C=O) groups excluding carboxylic acids is 1. The number of ether oxygens (including phenoxy) is 3. The molecule has 0 unspecified atom stereocenters. The monoisotopic (exact) mass is 578 g/mol. The zero-order valence-electron chi connectivity index (χ0n) is 20.0. The van der Waals surface area contributed by atoms with Crippen LogP contribution < -0.4 is 19.6 Å². The van der Waals surface area contributed by atoms with E-state index in [1.54, 1.807) is 43.5 Å². The van der Waals surface area contributed by atoms with Crippen molar-refractivity contribution >= 4 is 39.7 Å². The molecule has 1 amide bonds. The number of nitrogens with zero attached hydrogens (tertiary/aromatic N) is 1. The fraction of sp³-hybridized carbons (Fsp3) is 0.103. The van der Waals surface area contributed by atoms with Crippen molar-refractivity contribution in [3.63, 3.8) is 0 Å². The molecule has 0 saturated carbocycles. The lowest BCUT2D eigenvalue weighted by Gasteiger charge is -2.13. The zero-order valence-corrected chi connectivity index (χ0v) is 22.3. The summed E-state index contributed by atoms with van der Waals surface area (Å²) in [6.45, 7) is 0.636. The van der Waals surface area contributed by atoms with Crippen LogP contribution in [-0.4, -0.2) is 19.2 Å². The second-order valence-electron chi connectivity index (χ2n) is 7.88. The smallest absolute Gasteiger partial charge is 0.275 e. The second kappa shape index (κ2) is 12.9. The molecule has 4 aromatic carbocycles. The summed E-state index contributed by atoms with van der Waals surface area (Å²) in [6.07, 6.45) is 1.53. The van der Waals surface area contributed by atoms with Crippen LogP contribution in [0.3, 0.4) is 0 Å². The van der Waals surface area contributed by atoms with E-state index in [0.717, 1.165) is 11.1 Å². The Hall–Kier alpha value is -3.81. The molecule has 0 radical (unpaired) electrons. The summed E-state index contributed by atoms with van der Waals surface area (Å²) >= 11 is 9.75. The Morgan fingerprint density at radius 3 is 2.43 bits per heavy atom. The fourth-order valence-electron chi connectivity index (χ4n) is 3.46. The van der Waals surface area contributed by atoms with Gasteiger partial charge in [-0.1, -0.05) is 72.3 Å². The largest absolute Gasteiger partial charge is 0.493 e. The van der Waals surface area contributed by atoms with E-state index in [2.05, 4.69) is 26.5 Å². The summed E-state index contributed by atoms with van der Waals surface area (Å²) in [5, 5.41) is 4.72. The first-order valence-electron chi connectivity index (χ1n) is 11.4. The molecule has 0 aromatic heterocycles. The Kier molecular flexibility index (Phi) is 9.18. The molecule has 0 heterocycles. The van der Waals surface area contributed by atoms with E-state index in [-0.39, 0.29) is 6.61 Å². The van der Waals surface area contributed by atoms with Crippen molar-refractivity contribution in [3.8, 4) is 17.2 Å². The van der Waals surface area contributed by atoms with Gasteiger partial charge in [0.15, 0.2) is 11.5 Å². The van der Waals surface area contributed by atoms with Gasteiger partial charge in [-0.05, 0) is 57.4 Å². The third-order valence-corrected chi connectivity index (χ3v) is 6.29. The van der Waals surface area contributed by atoms with Gasteiger partial charge in [0.05, 0.1) is 23.4 Å². The van der Waals surface area contributed by atoms with E-state index in [0.29, 0.717) is 44.5 Å². The third-order valence-electron chi connectivity index (χ3n) is 5.33. The number of amides is 1. The molecule has 6 nitrogen and oxygen atoms in total.